The minimum atomic E-state index is -0.419. The van der Waals surface area contributed by atoms with Crippen LogP contribution in [0.1, 0.15) is 18.4 Å². The number of amides is 1. The summed E-state index contributed by atoms with van der Waals surface area (Å²) in [5.74, 6) is -0.329. The maximum Gasteiger partial charge on any atom is 0.235 e. The quantitative estimate of drug-likeness (QED) is 0.698. The number of rotatable bonds is 4. The van der Waals surface area contributed by atoms with Gasteiger partial charge in [-0.3, -0.25) is 14.5 Å². The Bertz CT molecular complexity index is 1030. The van der Waals surface area contributed by atoms with E-state index in [1.54, 1.807) is 22.7 Å². The minimum absolute atomic E-state index is 0.109. The standard InChI is InChI=1S/C19H19ClFN5O2/c20-16-8-13(21)1-2-14(16)15-10-26-17(7-12(15)9-22)24-25-19(26)23-18(27)11-3-5-28-6-4-11/h1-2,7-8,10-11H,3-6,9,22H2,(H,23,25,27). The largest absolute Gasteiger partial charge is 0.381 e. The Morgan fingerprint density at radius 2 is 2.07 bits per heavy atom. The number of halogens is 2. The van der Waals surface area contributed by atoms with E-state index in [0.29, 0.717) is 43.2 Å². The molecular weight excluding hydrogens is 385 g/mol. The molecular formula is C19H19ClFN5O2. The molecule has 3 aromatic rings. The second kappa shape index (κ2) is 7.83. The number of nitrogens with zero attached hydrogens (tertiary/aromatic N) is 3. The van der Waals surface area contributed by atoms with Crippen molar-refractivity contribution < 1.29 is 13.9 Å². The number of nitrogens with two attached hydrogens (primary N) is 1. The van der Waals surface area contributed by atoms with E-state index in [0.717, 1.165) is 11.1 Å². The number of pyridine rings is 1. The van der Waals surface area contributed by atoms with E-state index in [1.807, 2.05) is 0 Å². The Balaban J connectivity index is 1.73. The molecule has 9 heteroatoms. The highest BCUT2D eigenvalue weighted by Gasteiger charge is 2.23. The van der Waals surface area contributed by atoms with Gasteiger partial charge in [-0.25, -0.2) is 4.39 Å². The van der Waals surface area contributed by atoms with Crippen LogP contribution in [0.15, 0.2) is 30.5 Å². The molecule has 3 N–H and O–H groups in total. The second-order valence-corrected chi connectivity index (χ2v) is 7.08. The summed E-state index contributed by atoms with van der Waals surface area (Å²) in [5.41, 5.74) is 8.58. The summed E-state index contributed by atoms with van der Waals surface area (Å²) < 4.78 is 20.4. The van der Waals surface area contributed by atoms with Crippen LogP contribution in [-0.2, 0) is 16.1 Å². The third kappa shape index (κ3) is 3.58. The zero-order valence-corrected chi connectivity index (χ0v) is 15.7. The molecule has 1 aromatic carbocycles. The molecule has 1 amide bonds. The van der Waals surface area contributed by atoms with Crippen molar-refractivity contribution in [1.29, 1.82) is 0 Å². The molecule has 0 bridgehead atoms. The molecule has 0 saturated carbocycles. The molecule has 1 aliphatic heterocycles. The van der Waals surface area contributed by atoms with Crippen molar-refractivity contribution in [1.82, 2.24) is 14.6 Å². The monoisotopic (exact) mass is 403 g/mol. The van der Waals surface area contributed by atoms with Gasteiger partial charge in [0.25, 0.3) is 0 Å². The van der Waals surface area contributed by atoms with Crippen LogP contribution in [-0.4, -0.2) is 33.7 Å². The highest BCUT2D eigenvalue weighted by Crippen LogP contribution is 2.32. The highest BCUT2D eigenvalue weighted by atomic mass is 35.5. The number of benzene rings is 1. The number of anilines is 1. The fourth-order valence-corrected chi connectivity index (χ4v) is 3.62. The van der Waals surface area contributed by atoms with Crippen LogP contribution >= 0.6 is 11.6 Å². The third-order valence-corrected chi connectivity index (χ3v) is 5.21. The molecule has 0 radical (unpaired) electrons. The van der Waals surface area contributed by atoms with Crippen molar-refractivity contribution >= 4 is 29.1 Å². The highest BCUT2D eigenvalue weighted by molar-refractivity contribution is 6.33. The van der Waals surface area contributed by atoms with Crippen LogP contribution in [0.2, 0.25) is 5.02 Å². The van der Waals surface area contributed by atoms with E-state index in [-0.39, 0.29) is 23.4 Å². The number of ether oxygens (including phenoxy) is 1. The van der Waals surface area contributed by atoms with Gasteiger partial charge in [0.05, 0.1) is 5.02 Å². The van der Waals surface area contributed by atoms with Gasteiger partial charge < -0.3 is 10.5 Å². The molecule has 2 aromatic heterocycles. The summed E-state index contributed by atoms with van der Waals surface area (Å²) in [7, 11) is 0. The number of hydrogen-bond acceptors (Lipinski definition) is 5. The van der Waals surface area contributed by atoms with Crippen molar-refractivity contribution in [3.05, 3.63) is 46.9 Å². The second-order valence-electron chi connectivity index (χ2n) is 6.67. The van der Waals surface area contributed by atoms with Crippen LogP contribution in [0.25, 0.3) is 16.8 Å². The molecule has 0 unspecified atom stereocenters. The molecule has 1 fully saturated rings. The van der Waals surface area contributed by atoms with Gasteiger partial charge in [-0.1, -0.05) is 11.6 Å². The van der Waals surface area contributed by atoms with Gasteiger partial charge in [0.2, 0.25) is 11.9 Å². The molecule has 1 aliphatic rings. The molecule has 3 heterocycles. The Morgan fingerprint density at radius 1 is 1.29 bits per heavy atom. The summed E-state index contributed by atoms with van der Waals surface area (Å²) in [6.45, 7) is 1.40. The average molecular weight is 404 g/mol. The van der Waals surface area contributed by atoms with Gasteiger partial charge in [-0.05, 0) is 42.7 Å². The molecule has 7 nitrogen and oxygen atoms in total. The van der Waals surface area contributed by atoms with Crippen molar-refractivity contribution in [3.63, 3.8) is 0 Å². The first kappa shape index (κ1) is 18.8. The smallest absolute Gasteiger partial charge is 0.235 e. The predicted octanol–water partition coefficient (Wildman–Crippen LogP) is 3.01. The normalized spacial score (nSPS) is 15.1. The molecule has 28 heavy (non-hydrogen) atoms. The number of nitrogens with one attached hydrogen (secondary N) is 1. The van der Waals surface area contributed by atoms with Crippen molar-refractivity contribution in [3.8, 4) is 11.1 Å². The number of fused-ring (bicyclic) bond motifs is 1. The lowest BCUT2D eigenvalue weighted by molar-refractivity contribution is -0.122. The third-order valence-electron chi connectivity index (χ3n) is 4.90. The topological polar surface area (TPSA) is 94.5 Å². The molecule has 1 saturated heterocycles. The van der Waals surface area contributed by atoms with E-state index in [2.05, 4.69) is 15.5 Å². The summed E-state index contributed by atoms with van der Waals surface area (Å²) in [4.78, 5) is 12.5. The predicted molar refractivity (Wildman–Crippen MR) is 103 cm³/mol. The van der Waals surface area contributed by atoms with E-state index in [9.17, 15) is 9.18 Å². The number of aromatic nitrogens is 3. The fourth-order valence-electron chi connectivity index (χ4n) is 3.35. The Hall–Kier alpha value is -2.55. The summed E-state index contributed by atoms with van der Waals surface area (Å²) in [5, 5.41) is 11.3. The first-order chi connectivity index (χ1) is 13.6. The lowest BCUT2D eigenvalue weighted by atomic mass is 10.00. The first-order valence-electron chi connectivity index (χ1n) is 8.98. The minimum Gasteiger partial charge on any atom is -0.381 e. The van der Waals surface area contributed by atoms with Crippen molar-refractivity contribution in [2.45, 2.75) is 19.4 Å². The van der Waals surface area contributed by atoms with Crippen LogP contribution in [0, 0.1) is 11.7 Å². The lowest BCUT2D eigenvalue weighted by Gasteiger charge is -2.20. The molecule has 0 spiro atoms. The average Bonchev–Trinajstić information content (AvgIpc) is 3.09. The van der Waals surface area contributed by atoms with E-state index < -0.39 is 5.82 Å². The number of carbonyl (C=O) groups is 1. The number of hydrogen-bond donors (Lipinski definition) is 2. The van der Waals surface area contributed by atoms with Crippen LogP contribution in [0.5, 0.6) is 0 Å². The SMILES string of the molecule is NCc1cc2nnc(NC(=O)C3CCOCC3)n2cc1-c1ccc(F)cc1Cl. The zero-order chi connectivity index (χ0) is 19.7. The summed E-state index contributed by atoms with van der Waals surface area (Å²) >= 11 is 6.24. The van der Waals surface area contributed by atoms with Gasteiger partial charge in [-0.2, -0.15) is 0 Å². The van der Waals surface area contributed by atoms with Crippen LogP contribution in [0.3, 0.4) is 0 Å². The summed E-state index contributed by atoms with van der Waals surface area (Å²) in [6, 6.07) is 5.97. The zero-order valence-electron chi connectivity index (χ0n) is 15.0. The summed E-state index contributed by atoms with van der Waals surface area (Å²) in [6.07, 6.45) is 3.11. The fraction of sp³-hybridized carbons (Fsp3) is 0.316. The van der Waals surface area contributed by atoms with Crippen LogP contribution in [0.4, 0.5) is 10.3 Å². The van der Waals surface area contributed by atoms with Crippen molar-refractivity contribution in [2.24, 2.45) is 11.7 Å². The van der Waals surface area contributed by atoms with Gasteiger partial charge in [0.15, 0.2) is 5.65 Å². The van der Waals surface area contributed by atoms with Gasteiger partial charge in [-0.15, -0.1) is 10.2 Å². The van der Waals surface area contributed by atoms with Crippen molar-refractivity contribution in [2.75, 3.05) is 18.5 Å². The number of carbonyl (C=O) groups excluding carboxylic acids is 1. The van der Waals surface area contributed by atoms with E-state index in [4.69, 9.17) is 22.1 Å². The van der Waals surface area contributed by atoms with Crippen LogP contribution < -0.4 is 11.1 Å². The molecule has 4 rings (SSSR count). The molecule has 146 valence electrons. The van der Waals surface area contributed by atoms with E-state index in [1.165, 1.54) is 12.1 Å². The van der Waals surface area contributed by atoms with Gasteiger partial charge in [0, 0.05) is 43.0 Å². The Labute approximate surface area is 165 Å². The van der Waals surface area contributed by atoms with E-state index >= 15 is 0 Å². The Kier molecular flexibility index (Phi) is 5.25. The first-order valence-corrected chi connectivity index (χ1v) is 9.36. The lowest BCUT2D eigenvalue weighted by Crippen LogP contribution is -2.29. The maximum absolute atomic E-state index is 13.4. The maximum atomic E-state index is 13.4. The van der Waals surface area contributed by atoms with Gasteiger partial charge in [0.1, 0.15) is 5.82 Å². The molecule has 0 atom stereocenters. The van der Waals surface area contributed by atoms with Gasteiger partial charge >= 0.3 is 0 Å². The Morgan fingerprint density at radius 3 is 2.79 bits per heavy atom. The molecule has 0 aliphatic carbocycles.